The van der Waals surface area contributed by atoms with Gasteiger partial charge in [0.25, 0.3) is 0 Å². The molecule has 1 saturated carbocycles. The van der Waals surface area contributed by atoms with Gasteiger partial charge in [0, 0.05) is 23.4 Å². The molecule has 0 N–H and O–H groups in total. The lowest BCUT2D eigenvalue weighted by atomic mass is 9.94. The minimum Gasteiger partial charge on any atom is -0.457 e. The van der Waals surface area contributed by atoms with Gasteiger partial charge in [-0.15, -0.1) is 13.2 Å². The van der Waals surface area contributed by atoms with E-state index in [1.165, 1.54) is 12.1 Å². The predicted molar refractivity (Wildman–Crippen MR) is 86.6 cm³/mol. The molecule has 0 saturated heterocycles. The van der Waals surface area contributed by atoms with E-state index in [1.54, 1.807) is 24.3 Å². The van der Waals surface area contributed by atoms with Gasteiger partial charge in [0.2, 0.25) is 0 Å². The summed E-state index contributed by atoms with van der Waals surface area (Å²) in [6.07, 6.45) is -4.95. The van der Waals surface area contributed by atoms with Gasteiger partial charge in [0.15, 0.2) is 0 Å². The number of hydrogen-bond donors (Lipinski definition) is 0. The Morgan fingerprint density at radius 3 is 2.08 bits per heavy atom. The van der Waals surface area contributed by atoms with Gasteiger partial charge in [-0.1, -0.05) is 11.6 Å². The van der Waals surface area contributed by atoms with Crippen molar-refractivity contribution in [1.29, 1.82) is 0 Å². The number of ketones is 2. The van der Waals surface area contributed by atoms with Crippen molar-refractivity contribution >= 4 is 23.2 Å². The van der Waals surface area contributed by atoms with Crippen LogP contribution >= 0.6 is 11.6 Å². The van der Waals surface area contributed by atoms with Crippen LogP contribution in [0.2, 0.25) is 5.02 Å². The second-order valence-electron chi connectivity index (χ2n) is 5.67. The zero-order valence-electron chi connectivity index (χ0n) is 13.2. The number of alkyl halides is 3. The molecule has 4 nitrogen and oxygen atoms in total. The van der Waals surface area contributed by atoms with Gasteiger partial charge in [-0.2, -0.15) is 0 Å². The molecule has 136 valence electrons. The average molecular weight is 385 g/mol. The molecule has 0 unspecified atom stereocenters. The Hall–Kier alpha value is -2.54. The molecule has 0 amide bonds. The first-order valence-electron chi connectivity index (χ1n) is 7.61. The third-order valence-electron chi connectivity index (χ3n) is 3.83. The Kier molecular flexibility index (Phi) is 4.91. The lowest BCUT2D eigenvalue weighted by Crippen LogP contribution is -2.20. The van der Waals surface area contributed by atoms with E-state index in [1.807, 2.05) is 0 Å². The number of benzene rings is 2. The normalized spacial score (nSPS) is 15.4. The van der Waals surface area contributed by atoms with Crippen molar-refractivity contribution in [2.45, 2.75) is 25.1 Å². The van der Waals surface area contributed by atoms with E-state index < -0.39 is 29.6 Å². The fourth-order valence-electron chi connectivity index (χ4n) is 2.73. The topological polar surface area (TPSA) is 52.6 Å². The minimum absolute atomic E-state index is 0.00275. The largest absolute Gasteiger partial charge is 0.573 e. The monoisotopic (exact) mass is 384 g/mol. The standard InChI is InChI=1S/C18H12ClF3O4/c19-10-1-3-11(4-2-10)25-12-5-8-16(26-18(20,21)22)13(9-12)17-14(23)6-7-15(17)24/h1-5,8-9,17H,6-7H2. The predicted octanol–water partition coefficient (Wildman–Crippen LogP) is 5.05. The summed E-state index contributed by atoms with van der Waals surface area (Å²) < 4.78 is 47.5. The highest BCUT2D eigenvalue weighted by molar-refractivity contribution is 6.30. The molecule has 0 radical (unpaired) electrons. The minimum atomic E-state index is -4.95. The Bertz CT molecular complexity index is 831. The third-order valence-corrected chi connectivity index (χ3v) is 4.08. The van der Waals surface area contributed by atoms with Gasteiger partial charge in [0.1, 0.15) is 34.7 Å². The van der Waals surface area contributed by atoms with Crippen LogP contribution in [0.25, 0.3) is 0 Å². The first-order valence-corrected chi connectivity index (χ1v) is 7.99. The summed E-state index contributed by atoms with van der Waals surface area (Å²) >= 11 is 5.79. The first-order chi connectivity index (χ1) is 12.2. The molecule has 26 heavy (non-hydrogen) atoms. The highest BCUT2D eigenvalue weighted by Crippen LogP contribution is 2.39. The zero-order chi connectivity index (χ0) is 18.9. The van der Waals surface area contributed by atoms with Crippen LogP contribution in [0.15, 0.2) is 42.5 Å². The molecule has 0 aliphatic heterocycles. The number of Topliss-reactive ketones (excluding diaryl/α,β-unsaturated/α-hetero) is 2. The zero-order valence-corrected chi connectivity index (χ0v) is 13.9. The molecule has 3 rings (SSSR count). The molecular weight excluding hydrogens is 373 g/mol. The van der Waals surface area contributed by atoms with Gasteiger partial charge >= 0.3 is 6.36 Å². The lowest BCUT2D eigenvalue weighted by molar-refractivity contribution is -0.275. The number of rotatable bonds is 4. The maximum atomic E-state index is 12.7. The molecule has 1 fully saturated rings. The molecule has 0 aromatic heterocycles. The summed E-state index contributed by atoms with van der Waals surface area (Å²) in [6, 6.07) is 9.85. The molecule has 0 bridgehead atoms. The van der Waals surface area contributed by atoms with Crippen molar-refractivity contribution in [1.82, 2.24) is 0 Å². The number of ether oxygens (including phenoxy) is 2. The maximum absolute atomic E-state index is 12.7. The van der Waals surface area contributed by atoms with E-state index in [9.17, 15) is 22.8 Å². The summed E-state index contributed by atoms with van der Waals surface area (Å²) in [5.41, 5.74) is -0.152. The third kappa shape index (κ3) is 4.16. The highest BCUT2D eigenvalue weighted by atomic mass is 35.5. The van der Waals surface area contributed by atoms with E-state index in [4.69, 9.17) is 16.3 Å². The Balaban J connectivity index is 1.98. The van der Waals surface area contributed by atoms with E-state index >= 15 is 0 Å². The first kappa shape index (κ1) is 18.3. The smallest absolute Gasteiger partial charge is 0.457 e. The van der Waals surface area contributed by atoms with Crippen molar-refractivity contribution in [3.63, 3.8) is 0 Å². The van der Waals surface area contributed by atoms with Crippen LogP contribution in [0.1, 0.15) is 24.3 Å². The summed E-state index contributed by atoms with van der Waals surface area (Å²) in [7, 11) is 0. The summed E-state index contributed by atoms with van der Waals surface area (Å²) in [5.74, 6) is -2.18. The summed E-state index contributed by atoms with van der Waals surface area (Å²) in [6.45, 7) is 0. The summed E-state index contributed by atoms with van der Waals surface area (Å²) in [4.78, 5) is 24.0. The van der Waals surface area contributed by atoms with Crippen molar-refractivity contribution in [3.05, 3.63) is 53.1 Å². The second-order valence-corrected chi connectivity index (χ2v) is 6.11. The maximum Gasteiger partial charge on any atom is 0.573 e. The van der Waals surface area contributed by atoms with Crippen LogP contribution < -0.4 is 9.47 Å². The molecule has 0 atom stereocenters. The fourth-order valence-corrected chi connectivity index (χ4v) is 2.86. The van der Waals surface area contributed by atoms with Gasteiger partial charge < -0.3 is 9.47 Å². The van der Waals surface area contributed by atoms with Crippen molar-refractivity contribution in [2.24, 2.45) is 0 Å². The Labute approximate surface area is 151 Å². The van der Waals surface area contributed by atoms with Gasteiger partial charge in [-0.3, -0.25) is 9.59 Å². The molecular formula is C18H12ClF3O4. The van der Waals surface area contributed by atoms with Crippen LogP contribution in [0.4, 0.5) is 13.2 Å². The number of halogens is 4. The molecule has 1 aliphatic carbocycles. The van der Waals surface area contributed by atoms with Crippen LogP contribution in [0.5, 0.6) is 17.2 Å². The van der Waals surface area contributed by atoms with E-state index in [-0.39, 0.29) is 24.2 Å². The molecule has 2 aromatic carbocycles. The van der Waals surface area contributed by atoms with Gasteiger partial charge in [-0.25, -0.2) is 0 Å². The number of carbonyl (C=O) groups excluding carboxylic acids is 2. The van der Waals surface area contributed by atoms with Gasteiger partial charge in [0.05, 0.1) is 0 Å². The summed E-state index contributed by atoms with van der Waals surface area (Å²) in [5, 5.41) is 0.495. The molecule has 1 aliphatic rings. The molecule has 2 aromatic rings. The Morgan fingerprint density at radius 2 is 1.50 bits per heavy atom. The number of hydrogen-bond acceptors (Lipinski definition) is 4. The molecule has 0 heterocycles. The van der Waals surface area contributed by atoms with Crippen molar-refractivity contribution < 1.29 is 32.2 Å². The van der Waals surface area contributed by atoms with E-state index in [0.717, 1.165) is 6.07 Å². The van der Waals surface area contributed by atoms with Gasteiger partial charge in [-0.05, 0) is 42.5 Å². The highest BCUT2D eigenvalue weighted by Gasteiger charge is 2.39. The van der Waals surface area contributed by atoms with Crippen LogP contribution in [0.3, 0.4) is 0 Å². The Morgan fingerprint density at radius 1 is 0.923 bits per heavy atom. The van der Waals surface area contributed by atoms with E-state index in [0.29, 0.717) is 10.8 Å². The SMILES string of the molecule is O=C1CCC(=O)C1c1cc(Oc2ccc(Cl)cc2)ccc1OC(F)(F)F. The van der Waals surface area contributed by atoms with E-state index in [2.05, 4.69) is 4.74 Å². The van der Waals surface area contributed by atoms with Crippen LogP contribution in [-0.2, 0) is 9.59 Å². The van der Waals surface area contributed by atoms with Crippen LogP contribution in [-0.4, -0.2) is 17.9 Å². The fraction of sp³-hybridized carbons (Fsp3) is 0.222. The van der Waals surface area contributed by atoms with Crippen LogP contribution in [0, 0.1) is 0 Å². The van der Waals surface area contributed by atoms with Crippen molar-refractivity contribution in [3.8, 4) is 17.2 Å². The van der Waals surface area contributed by atoms with Crippen molar-refractivity contribution in [2.75, 3.05) is 0 Å². The molecule has 0 spiro atoms. The number of carbonyl (C=O) groups is 2. The lowest BCUT2D eigenvalue weighted by Gasteiger charge is -2.17. The average Bonchev–Trinajstić information content (AvgIpc) is 2.89. The quantitative estimate of drug-likeness (QED) is 0.692. The molecule has 8 heteroatoms. The second kappa shape index (κ2) is 6.99.